The molecule has 0 aliphatic heterocycles. The predicted octanol–water partition coefficient (Wildman–Crippen LogP) is 4.08. The average molecular weight is 588 g/mol. The number of carbonyl (C=O) groups excluding carboxylic acids is 5. The van der Waals surface area contributed by atoms with Gasteiger partial charge in [-0.2, -0.15) is 0 Å². The lowest BCUT2D eigenvalue weighted by Gasteiger charge is -2.59. The standard InChI is InChI=1S/C32H45NO9/c1-20(34)42-32(26(36)19-41-29(40)10-9-27(37)33-17-5-4-6-28(38)39)16-13-25-23-8-7-21-18-22(35)11-14-30(21,2)24(23)12-15-31(25,32)3/h18,23-25H,4-17,19H2,1-3H3,(H,33,37)(H,38,39)/t23-,24+,25+,30-,31-,32-/m0/s1. The Kier molecular flexibility index (Phi) is 9.62. The number of ether oxygens (including phenoxy) is 2. The molecule has 0 heterocycles. The topological polar surface area (TPSA) is 153 Å². The number of Topliss-reactive ketones (excluding diaryl/α,β-unsaturated/α-hetero) is 1. The first kappa shape index (κ1) is 31.9. The Bertz CT molecular complexity index is 1160. The Morgan fingerprint density at radius 1 is 0.952 bits per heavy atom. The fourth-order valence-corrected chi connectivity index (χ4v) is 8.75. The third-order valence-corrected chi connectivity index (χ3v) is 10.9. The Morgan fingerprint density at radius 2 is 1.69 bits per heavy atom. The number of carboxylic acid groups (broad SMARTS) is 1. The first-order chi connectivity index (χ1) is 19.8. The molecule has 0 aromatic carbocycles. The van der Waals surface area contributed by atoms with E-state index in [9.17, 15) is 28.8 Å². The van der Waals surface area contributed by atoms with Crippen molar-refractivity contribution < 1.29 is 43.3 Å². The first-order valence-corrected chi connectivity index (χ1v) is 15.4. The number of carbonyl (C=O) groups is 6. The van der Waals surface area contributed by atoms with Crippen molar-refractivity contribution in [2.45, 2.75) is 110 Å². The van der Waals surface area contributed by atoms with Crippen molar-refractivity contribution in [3.8, 4) is 0 Å². The number of unbranched alkanes of at least 4 members (excludes halogenated alkanes) is 1. The number of carboxylic acids is 1. The highest BCUT2D eigenvalue weighted by Crippen LogP contribution is 2.68. The van der Waals surface area contributed by atoms with Gasteiger partial charge < -0.3 is 19.9 Å². The zero-order chi connectivity index (χ0) is 30.7. The Balaban J connectivity index is 1.37. The van der Waals surface area contributed by atoms with Crippen molar-refractivity contribution in [3.63, 3.8) is 0 Å². The van der Waals surface area contributed by atoms with Gasteiger partial charge in [0.15, 0.2) is 18.0 Å². The smallest absolute Gasteiger partial charge is 0.306 e. The maximum absolute atomic E-state index is 13.8. The highest BCUT2D eigenvalue weighted by Gasteiger charge is 2.68. The van der Waals surface area contributed by atoms with E-state index in [0.29, 0.717) is 50.5 Å². The molecule has 42 heavy (non-hydrogen) atoms. The van der Waals surface area contributed by atoms with Gasteiger partial charge in [-0.25, -0.2) is 0 Å². The predicted molar refractivity (Wildman–Crippen MR) is 151 cm³/mol. The van der Waals surface area contributed by atoms with Gasteiger partial charge in [-0.1, -0.05) is 19.4 Å². The van der Waals surface area contributed by atoms with E-state index < -0.39 is 41.3 Å². The van der Waals surface area contributed by atoms with E-state index in [4.69, 9.17) is 14.6 Å². The molecule has 1 amide bonds. The van der Waals surface area contributed by atoms with Crippen LogP contribution in [0.4, 0.5) is 0 Å². The SMILES string of the molecule is CC(=O)O[C@]1(C(=O)COC(=O)CCC(=O)NCCCCC(=O)O)CC[C@@H]2[C@H]3CCC4=CC(=O)CC[C@]4(C)[C@@H]3CC[C@@]21C. The van der Waals surface area contributed by atoms with Crippen LogP contribution in [-0.4, -0.2) is 59.2 Å². The third-order valence-electron chi connectivity index (χ3n) is 10.9. The fraction of sp³-hybridized carbons (Fsp3) is 0.750. The molecule has 0 bridgehead atoms. The average Bonchev–Trinajstić information content (AvgIpc) is 3.22. The normalized spacial score (nSPS) is 33.4. The lowest BCUT2D eigenvalue weighted by Crippen LogP contribution is -2.59. The van der Waals surface area contributed by atoms with Crippen LogP contribution in [-0.2, 0) is 38.2 Å². The minimum Gasteiger partial charge on any atom is -0.481 e. The summed E-state index contributed by atoms with van der Waals surface area (Å²) in [6.07, 6.45) is 8.52. The molecule has 4 aliphatic rings. The van der Waals surface area contributed by atoms with Gasteiger partial charge in [0.2, 0.25) is 11.7 Å². The van der Waals surface area contributed by atoms with Gasteiger partial charge in [0.25, 0.3) is 0 Å². The number of ketones is 2. The molecule has 0 aromatic rings. The van der Waals surface area contributed by atoms with Crippen molar-refractivity contribution in [3.05, 3.63) is 11.6 Å². The van der Waals surface area contributed by atoms with Crippen LogP contribution in [0.15, 0.2) is 11.6 Å². The molecule has 0 saturated heterocycles. The minimum atomic E-state index is -1.37. The second-order valence-corrected chi connectivity index (χ2v) is 13.2. The molecule has 232 valence electrons. The van der Waals surface area contributed by atoms with Crippen LogP contribution in [0.3, 0.4) is 0 Å². The van der Waals surface area contributed by atoms with Gasteiger partial charge in [0.1, 0.15) is 0 Å². The van der Waals surface area contributed by atoms with E-state index in [-0.39, 0.29) is 42.3 Å². The lowest BCUT2D eigenvalue weighted by molar-refractivity contribution is -0.191. The summed E-state index contributed by atoms with van der Waals surface area (Å²) in [6, 6.07) is 0. The number of hydrogen-bond donors (Lipinski definition) is 2. The van der Waals surface area contributed by atoms with Crippen LogP contribution in [0.1, 0.15) is 104 Å². The molecule has 0 radical (unpaired) electrons. The van der Waals surface area contributed by atoms with Crippen LogP contribution in [0, 0.1) is 28.6 Å². The highest BCUT2D eigenvalue weighted by atomic mass is 16.6. The second kappa shape index (κ2) is 12.7. The number of nitrogens with one attached hydrogen (secondary N) is 1. The summed E-state index contributed by atoms with van der Waals surface area (Å²) in [7, 11) is 0. The number of esters is 2. The Labute approximate surface area is 247 Å². The number of allylic oxidation sites excluding steroid dienone is 1. The summed E-state index contributed by atoms with van der Waals surface area (Å²) >= 11 is 0. The maximum Gasteiger partial charge on any atom is 0.306 e. The zero-order valence-electron chi connectivity index (χ0n) is 25.1. The van der Waals surface area contributed by atoms with Crippen molar-refractivity contribution in [2.24, 2.45) is 28.6 Å². The Morgan fingerprint density at radius 3 is 2.40 bits per heavy atom. The summed E-state index contributed by atoms with van der Waals surface area (Å²) in [5, 5.41) is 11.3. The van der Waals surface area contributed by atoms with E-state index in [2.05, 4.69) is 19.2 Å². The molecule has 10 heteroatoms. The molecular formula is C32H45NO9. The van der Waals surface area contributed by atoms with Gasteiger partial charge in [-0.15, -0.1) is 0 Å². The number of amides is 1. The van der Waals surface area contributed by atoms with E-state index in [1.54, 1.807) is 0 Å². The molecule has 2 N–H and O–H groups in total. The molecule has 0 spiro atoms. The van der Waals surface area contributed by atoms with Crippen molar-refractivity contribution in [2.75, 3.05) is 13.2 Å². The minimum absolute atomic E-state index is 0.0187. The van der Waals surface area contributed by atoms with Gasteiger partial charge >= 0.3 is 17.9 Å². The van der Waals surface area contributed by atoms with Gasteiger partial charge in [0.05, 0.1) is 6.42 Å². The highest BCUT2D eigenvalue weighted by molar-refractivity contribution is 5.93. The summed E-state index contributed by atoms with van der Waals surface area (Å²) < 4.78 is 11.2. The Hall–Kier alpha value is -3.04. The summed E-state index contributed by atoms with van der Waals surface area (Å²) in [4.78, 5) is 73.3. The zero-order valence-corrected chi connectivity index (χ0v) is 25.1. The monoisotopic (exact) mass is 587 g/mol. The number of rotatable bonds is 12. The quantitative estimate of drug-likeness (QED) is 0.254. The molecule has 0 unspecified atom stereocenters. The van der Waals surface area contributed by atoms with Crippen LogP contribution >= 0.6 is 0 Å². The molecule has 3 saturated carbocycles. The van der Waals surface area contributed by atoms with Crippen LogP contribution < -0.4 is 5.32 Å². The van der Waals surface area contributed by atoms with E-state index >= 15 is 0 Å². The van der Waals surface area contributed by atoms with Crippen molar-refractivity contribution in [1.82, 2.24) is 5.32 Å². The van der Waals surface area contributed by atoms with Gasteiger partial charge in [-0.05, 0) is 87.0 Å². The molecule has 6 atom stereocenters. The van der Waals surface area contributed by atoms with Crippen molar-refractivity contribution >= 4 is 35.4 Å². The van der Waals surface area contributed by atoms with Crippen LogP contribution in [0.5, 0.6) is 0 Å². The van der Waals surface area contributed by atoms with Gasteiger partial charge in [-0.3, -0.25) is 28.8 Å². The number of fused-ring (bicyclic) bond motifs is 5. The van der Waals surface area contributed by atoms with Crippen LogP contribution in [0.25, 0.3) is 0 Å². The third kappa shape index (κ3) is 6.18. The van der Waals surface area contributed by atoms with Crippen LogP contribution in [0.2, 0.25) is 0 Å². The molecule has 4 rings (SSSR count). The molecule has 4 aliphatic carbocycles. The molecule has 10 nitrogen and oxygen atoms in total. The lowest BCUT2D eigenvalue weighted by atomic mass is 9.46. The van der Waals surface area contributed by atoms with E-state index in [1.807, 2.05) is 6.08 Å². The number of aliphatic carboxylic acids is 1. The second-order valence-electron chi connectivity index (χ2n) is 13.2. The molecule has 0 aromatic heterocycles. The van der Waals surface area contributed by atoms with Gasteiger partial charge in [0, 0.05) is 38.1 Å². The van der Waals surface area contributed by atoms with E-state index in [0.717, 1.165) is 32.1 Å². The summed E-state index contributed by atoms with van der Waals surface area (Å²) in [5.74, 6) is -1.72. The first-order valence-electron chi connectivity index (χ1n) is 15.4. The van der Waals surface area contributed by atoms with E-state index in [1.165, 1.54) is 12.5 Å². The number of hydrogen-bond acceptors (Lipinski definition) is 8. The largest absolute Gasteiger partial charge is 0.481 e. The fourth-order valence-electron chi connectivity index (χ4n) is 8.75. The molecule has 3 fully saturated rings. The summed E-state index contributed by atoms with van der Waals surface area (Å²) in [5.41, 5.74) is -0.717. The van der Waals surface area contributed by atoms with Crippen molar-refractivity contribution in [1.29, 1.82) is 0 Å². The maximum atomic E-state index is 13.8. The molecular weight excluding hydrogens is 542 g/mol. The summed E-state index contributed by atoms with van der Waals surface area (Å²) in [6.45, 7) is 5.46.